The topological polar surface area (TPSA) is 0 Å². The monoisotopic (exact) mass is 324 g/mol. The van der Waals surface area contributed by atoms with E-state index < -0.39 is 0 Å². The number of halogens is 3. The van der Waals surface area contributed by atoms with E-state index in [-0.39, 0.29) is 37.2 Å². The molecule has 0 amide bonds. The zero-order valence-corrected chi connectivity index (χ0v) is 12.1. The van der Waals surface area contributed by atoms with Gasteiger partial charge in [0.15, 0.2) is 0 Å². The summed E-state index contributed by atoms with van der Waals surface area (Å²) in [4.78, 5) is 0. The van der Waals surface area contributed by atoms with Crippen molar-refractivity contribution in [1.82, 2.24) is 0 Å². The van der Waals surface area contributed by atoms with E-state index in [1.165, 1.54) is 15.3 Å². The van der Waals surface area contributed by atoms with Gasteiger partial charge in [0.05, 0.1) is 0 Å². The quantitative estimate of drug-likeness (QED) is 0.482. The fraction of sp³-hybridized carbons (Fsp3) is 0.200. The summed E-state index contributed by atoms with van der Waals surface area (Å²) in [6.07, 6.45) is 4.56. The second-order valence-corrected chi connectivity index (χ2v) is 3.80. The first-order valence-electron chi connectivity index (χ1n) is 3.83. The van der Waals surface area contributed by atoms with Crippen molar-refractivity contribution in [3.8, 4) is 0 Å². The molecular formula is C10H9Cl3Zr. The summed E-state index contributed by atoms with van der Waals surface area (Å²) < 4.78 is 1.31. The van der Waals surface area contributed by atoms with Gasteiger partial charge in [0.1, 0.15) is 0 Å². The van der Waals surface area contributed by atoms with Crippen molar-refractivity contribution >= 4 is 6.08 Å². The Morgan fingerprint density at radius 1 is 1.07 bits per heavy atom. The van der Waals surface area contributed by atoms with Crippen molar-refractivity contribution in [2.75, 3.05) is 0 Å². The molecular weight excluding hydrogens is 318 g/mol. The van der Waals surface area contributed by atoms with Gasteiger partial charge in [0.25, 0.3) is 0 Å². The van der Waals surface area contributed by atoms with Gasteiger partial charge in [-0.05, 0) is 0 Å². The van der Waals surface area contributed by atoms with Crippen molar-refractivity contribution in [3.63, 3.8) is 0 Å². The minimum absolute atomic E-state index is 0. The molecule has 1 aromatic carbocycles. The molecule has 0 saturated carbocycles. The van der Waals surface area contributed by atoms with Crippen LogP contribution in [0.1, 0.15) is 17.0 Å². The van der Waals surface area contributed by atoms with Crippen LogP contribution < -0.4 is 37.2 Å². The predicted molar refractivity (Wildman–Crippen MR) is 43.0 cm³/mol. The Labute approximate surface area is 119 Å². The van der Waals surface area contributed by atoms with E-state index in [1.807, 2.05) is 0 Å². The molecule has 74 valence electrons. The average molecular weight is 327 g/mol. The summed E-state index contributed by atoms with van der Waals surface area (Å²) in [5.41, 5.74) is 2.93. The maximum atomic E-state index is 2.32. The number of allylic oxidation sites excluding steroid dienone is 1. The fourth-order valence-corrected chi connectivity index (χ4v) is 2.38. The number of hydrogen-bond donors (Lipinski definition) is 0. The van der Waals surface area contributed by atoms with Crippen LogP contribution in [-0.2, 0) is 24.7 Å². The molecule has 0 bridgehead atoms. The molecule has 1 unspecified atom stereocenters. The minimum atomic E-state index is 0. The molecule has 1 aliphatic rings. The summed E-state index contributed by atoms with van der Waals surface area (Å²) in [6, 6.07) is 8.67. The Balaban J connectivity index is 0. The first kappa shape index (κ1) is 17.1. The molecule has 0 fully saturated rings. The molecule has 0 heterocycles. The van der Waals surface area contributed by atoms with Gasteiger partial charge in [-0.2, -0.15) is 0 Å². The molecule has 2 rings (SSSR count). The van der Waals surface area contributed by atoms with Gasteiger partial charge in [0, 0.05) is 0 Å². The van der Waals surface area contributed by atoms with Crippen LogP contribution >= 0.6 is 0 Å². The average Bonchev–Trinajstić information content (AvgIpc) is 2.47. The van der Waals surface area contributed by atoms with Gasteiger partial charge >= 0.3 is 82.3 Å². The third kappa shape index (κ3) is 3.38. The Bertz CT molecular complexity index is 299. The van der Waals surface area contributed by atoms with E-state index in [4.69, 9.17) is 0 Å². The molecule has 0 saturated heterocycles. The SMILES string of the molecule is [Cl-].[Cl-].[Cl-].[Zr+3][CH2]C1C=Cc2ccccc21. The zero-order chi connectivity index (χ0) is 7.68. The van der Waals surface area contributed by atoms with Crippen molar-refractivity contribution in [3.05, 3.63) is 41.5 Å². The van der Waals surface area contributed by atoms with E-state index in [0.29, 0.717) is 5.92 Å². The van der Waals surface area contributed by atoms with Crippen molar-refractivity contribution in [2.24, 2.45) is 0 Å². The summed E-state index contributed by atoms with van der Waals surface area (Å²) >= 11 is 1.63. The molecule has 0 aromatic heterocycles. The molecule has 0 nitrogen and oxygen atoms in total. The van der Waals surface area contributed by atoms with E-state index in [1.54, 1.807) is 24.7 Å². The summed E-state index contributed by atoms with van der Waals surface area (Å²) in [5.74, 6) is 0.712. The van der Waals surface area contributed by atoms with Crippen LogP contribution in [0.15, 0.2) is 30.3 Å². The van der Waals surface area contributed by atoms with Crippen molar-refractivity contribution < 1.29 is 61.9 Å². The standard InChI is InChI=1S/C10H9.3ClH.Zr/c1-8-6-7-9-4-2-3-5-10(8)9;;;;/h2-8H,1H2;3*1H;/q;;;;+3/p-3. The maximum absolute atomic E-state index is 2.32. The Hall–Kier alpha value is 0.713. The van der Waals surface area contributed by atoms with Crippen LogP contribution in [0.3, 0.4) is 0 Å². The number of rotatable bonds is 1. The molecule has 14 heavy (non-hydrogen) atoms. The Kier molecular flexibility index (Phi) is 9.70. The molecule has 1 aromatic rings. The molecule has 0 N–H and O–H groups in total. The number of benzene rings is 1. The first-order chi connectivity index (χ1) is 5.42. The van der Waals surface area contributed by atoms with Crippen LogP contribution in [0.4, 0.5) is 0 Å². The van der Waals surface area contributed by atoms with Crippen LogP contribution in [-0.4, -0.2) is 0 Å². The molecule has 0 spiro atoms. The Morgan fingerprint density at radius 2 is 1.71 bits per heavy atom. The first-order valence-corrected chi connectivity index (χ1v) is 5.57. The third-order valence-corrected chi connectivity index (χ3v) is 3.20. The second-order valence-electron chi connectivity index (χ2n) is 2.80. The zero-order valence-electron chi connectivity index (χ0n) is 7.38. The van der Waals surface area contributed by atoms with Crippen molar-refractivity contribution in [2.45, 2.75) is 10.0 Å². The van der Waals surface area contributed by atoms with Gasteiger partial charge in [-0.15, -0.1) is 0 Å². The van der Waals surface area contributed by atoms with Crippen LogP contribution in [0.5, 0.6) is 0 Å². The number of fused-ring (bicyclic) bond motifs is 1. The van der Waals surface area contributed by atoms with Gasteiger partial charge in [-0.25, -0.2) is 0 Å². The molecule has 0 radical (unpaired) electrons. The predicted octanol–water partition coefficient (Wildman–Crippen LogP) is -6.23. The summed E-state index contributed by atoms with van der Waals surface area (Å²) in [7, 11) is 0. The molecule has 0 aliphatic heterocycles. The summed E-state index contributed by atoms with van der Waals surface area (Å²) in [6.45, 7) is 0. The van der Waals surface area contributed by atoms with Gasteiger partial charge in [-0.1, -0.05) is 0 Å². The van der Waals surface area contributed by atoms with Gasteiger partial charge in [-0.3, -0.25) is 0 Å². The number of hydrogen-bond acceptors (Lipinski definition) is 0. The molecule has 1 atom stereocenters. The van der Waals surface area contributed by atoms with Crippen molar-refractivity contribution in [1.29, 1.82) is 0 Å². The van der Waals surface area contributed by atoms with Crippen LogP contribution in [0, 0.1) is 0 Å². The van der Waals surface area contributed by atoms with E-state index in [0.717, 1.165) is 0 Å². The van der Waals surface area contributed by atoms with E-state index in [2.05, 4.69) is 36.4 Å². The normalized spacial score (nSPS) is 16.0. The fourth-order valence-electron chi connectivity index (χ4n) is 1.50. The van der Waals surface area contributed by atoms with E-state index in [9.17, 15) is 0 Å². The molecule has 1 aliphatic carbocycles. The van der Waals surface area contributed by atoms with E-state index >= 15 is 0 Å². The van der Waals surface area contributed by atoms with Crippen LogP contribution in [0.2, 0.25) is 4.13 Å². The molecule has 4 heteroatoms. The second kappa shape index (κ2) is 7.93. The van der Waals surface area contributed by atoms with Gasteiger partial charge in [0.2, 0.25) is 0 Å². The third-order valence-electron chi connectivity index (χ3n) is 2.12. The van der Waals surface area contributed by atoms with Gasteiger partial charge < -0.3 is 37.2 Å². The van der Waals surface area contributed by atoms with Crippen LogP contribution in [0.25, 0.3) is 6.08 Å². The Morgan fingerprint density at radius 3 is 2.36 bits per heavy atom. The summed E-state index contributed by atoms with van der Waals surface area (Å²) in [5, 5.41) is 0.